The van der Waals surface area contributed by atoms with Crippen molar-refractivity contribution in [3.63, 3.8) is 0 Å². The highest BCUT2D eigenvalue weighted by Crippen LogP contribution is 2.54. The molecule has 1 unspecified atom stereocenters. The molecule has 1 fully saturated rings. The van der Waals surface area contributed by atoms with Crippen molar-refractivity contribution in [1.82, 2.24) is 10.2 Å². The van der Waals surface area contributed by atoms with Gasteiger partial charge in [0, 0.05) is 23.6 Å². The van der Waals surface area contributed by atoms with Gasteiger partial charge in [-0.25, -0.2) is 0 Å². The lowest BCUT2D eigenvalue weighted by atomic mass is 9.57. The molecule has 4 atom stereocenters. The van der Waals surface area contributed by atoms with E-state index < -0.39 is 76.5 Å². The number of amides is 1. The number of primary amides is 1. The topological polar surface area (TPSA) is 183 Å². The van der Waals surface area contributed by atoms with E-state index in [-0.39, 0.29) is 30.5 Å². The maximum Gasteiger partial charge on any atom is 0.401 e. The van der Waals surface area contributed by atoms with Crippen LogP contribution in [0, 0.1) is 11.8 Å². The molecule has 2 aromatic rings. The highest BCUT2D eigenvalue weighted by molar-refractivity contribution is 6.24. The van der Waals surface area contributed by atoms with Gasteiger partial charge in [0.2, 0.25) is 5.78 Å². The standard InChI is InChI=1S/C31H32F3N3O8/c1-37(2)24-18-10-14-9-17-15(16-8-13(4-7-20(16)45-3)11-36-12-30(32,33)34)5-6-19(38)22(17)25(39)21(14)27(41)31(18,44)28(42)23(26(24)40)29(35)43/h4-8,14,18,24,36,38-39,42,44H,9-12H2,1-3H3,(H2,35,43)/t14-,18+,24?,31+/m0/s1. The molecule has 0 saturated heterocycles. The number of halogens is 3. The third kappa shape index (κ3) is 5.12. The van der Waals surface area contributed by atoms with Gasteiger partial charge >= 0.3 is 6.18 Å². The number of benzene rings is 2. The van der Waals surface area contributed by atoms with E-state index in [4.69, 9.17) is 10.5 Å². The molecule has 1 saturated carbocycles. The Morgan fingerprint density at radius 2 is 1.82 bits per heavy atom. The average molecular weight is 632 g/mol. The summed E-state index contributed by atoms with van der Waals surface area (Å²) in [4.78, 5) is 40.9. The summed E-state index contributed by atoms with van der Waals surface area (Å²) in [5, 5.41) is 47.5. The molecule has 45 heavy (non-hydrogen) atoms. The van der Waals surface area contributed by atoms with Crippen LogP contribution in [0.15, 0.2) is 47.2 Å². The molecule has 0 bridgehead atoms. The first-order valence-electron chi connectivity index (χ1n) is 14.0. The van der Waals surface area contributed by atoms with Crippen molar-refractivity contribution in [3.05, 3.63) is 63.9 Å². The minimum atomic E-state index is -4.40. The van der Waals surface area contributed by atoms with Crippen LogP contribution in [0.25, 0.3) is 16.9 Å². The zero-order valence-electron chi connectivity index (χ0n) is 24.5. The van der Waals surface area contributed by atoms with E-state index in [2.05, 4.69) is 5.32 Å². The number of nitrogens with two attached hydrogens (primary N) is 1. The number of hydrogen-bond acceptors (Lipinski definition) is 10. The molecule has 0 spiro atoms. The maximum absolute atomic E-state index is 14.0. The second-order valence-electron chi connectivity index (χ2n) is 11.7. The Morgan fingerprint density at radius 3 is 2.42 bits per heavy atom. The van der Waals surface area contributed by atoms with Gasteiger partial charge in [-0.15, -0.1) is 0 Å². The van der Waals surface area contributed by atoms with Gasteiger partial charge in [-0.05, 0) is 67.7 Å². The Bertz CT molecular complexity index is 1680. The lowest BCUT2D eigenvalue weighted by Gasteiger charge is -2.50. The number of aliphatic hydroxyl groups is 3. The number of hydrogen-bond donors (Lipinski definition) is 6. The summed E-state index contributed by atoms with van der Waals surface area (Å²) in [7, 11) is 4.42. The second kappa shape index (κ2) is 11.2. The molecule has 2 aromatic carbocycles. The number of carbonyl (C=O) groups excluding carboxylic acids is 3. The van der Waals surface area contributed by atoms with Crippen LogP contribution in [-0.4, -0.2) is 88.4 Å². The predicted molar refractivity (Wildman–Crippen MR) is 154 cm³/mol. The SMILES string of the molecule is COc1ccc(CNCC(F)(F)F)cc1-c1ccc(O)c2c1C[C@H]1C[C@@H]3C(N(C)C)C(=O)C(C(N)=O)=C(O)[C@]3(O)C(=O)C1=C2O. The Balaban J connectivity index is 1.66. The summed E-state index contributed by atoms with van der Waals surface area (Å²) in [5.74, 6) is -7.27. The van der Waals surface area contributed by atoms with Crippen LogP contribution < -0.4 is 15.8 Å². The van der Waals surface area contributed by atoms with Gasteiger partial charge in [-0.3, -0.25) is 19.3 Å². The summed E-state index contributed by atoms with van der Waals surface area (Å²) in [5.41, 5.74) is 3.05. The fraction of sp³-hybridized carbons (Fsp3) is 0.387. The van der Waals surface area contributed by atoms with Crippen molar-refractivity contribution in [3.8, 4) is 22.6 Å². The van der Waals surface area contributed by atoms with E-state index in [0.717, 1.165) is 0 Å². The number of phenols is 1. The lowest BCUT2D eigenvalue weighted by Crippen LogP contribution is -2.65. The number of phenolic OH excluding ortho intramolecular Hbond substituents is 1. The van der Waals surface area contributed by atoms with Crippen molar-refractivity contribution in [2.75, 3.05) is 27.7 Å². The summed E-state index contributed by atoms with van der Waals surface area (Å²) >= 11 is 0. The van der Waals surface area contributed by atoms with Crippen molar-refractivity contribution in [1.29, 1.82) is 0 Å². The van der Waals surface area contributed by atoms with Gasteiger partial charge in [-0.2, -0.15) is 13.2 Å². The third-order valence-electron chi connectivity index (χ3n) is 8.81. The van der Waals surface area contributed by atoms with Crippen LogP contribution in [0.5, 0.6) is 11.5 Å². The maximum atomic E-state index is 14.0. The number of alkyl halides is 3. The molecule has 240 valence electrons. The summed E-state index contributed by atoms with van der Waals surface area (Å²) < 4.78 is 43.7. The van der Waals surface area contributed by atoms with Crippen LogP contribution in [0.1, 0.15) is 23.1 Å². The number of fused-ring (bicyclic) bond motifs is 3. The summed E-state index contributed by atoms with van der Waals surface area (Å²) in [6.45, 7) is -1.32. The smallest absolute Gasteiger partial charge is 0.401 e. The minimum Gasteiger partial charge on any atom is -0.508 e. The number of ether oxygens (including phenoxy) is 1. The van der Waals surface area contributed by atoms with Gasteiger partial charge < -0.3 is 36.2 Å². The zero-order chi connectivity index (χ0) is 33.2. The number of nitrogens with zero attached hydrogens (tertiary/aromatic N) is 1. The number of ketones is 2. The first kappa shape index (κ1) is 32.0. The third-order valence-corrected chi connectivity index (χ3v) is 8.81. The Labute approximate surface area is 255 Å². The molecule has 0 aliphatic heterocycles. The quantitative estimate of drug-likeness (QED) is 0.248. The monoisotopic (exact) mass is 631 g/mol. The molecule has 0 aromatic heterocycles. The number of methoxy groups -OCH3 is 1. The molecule has 1 amide bonds. The van der Waals surface area contributed by atoms with E-state index in [1.807, 2.05) is 0 Å². The van der Waals surface area contributed by atoms with E-state index in [1.165, 1.54) is 32.2 Å². The normalized spacial score (nSPS) is 24.8. The summed E-state index contributed by atoms with van der Waals surface area (Å²) in [6.07, 6.45) is -4.48. The number of likely N-dealkylation sites (N-methyl/N-ethyl adjacent to an activating group) is 1. The molecule has 3 aliphatic rings. The molecular formula is C31H32F3N3O8. The van der Waals surface area contributed by atoms with E-state index in [9.17, 15) is 48.0 Å². The van der Waals surface area contributed by atoms with Crippen LogP contribution in [0.3, 0.4) is 0 Å². The van der Waals surface area contributed by atoms with Crippen LogP contribution in [-0.2, 0) is 27.3 Å². The number of aliphatic hydroxyl groups excluding tert-OH is 2. The number of Topliss-reactive ketones (excluding diaryl/α,β-unsaturated/α-hetero) is 2. The van der Waals surface area contributed by atoms with Crippen molar-refractivity contribution in [2.45, 2.75) is 37.2 Å². The molecular weight excluding hydrogens is 599 g/mol. The summed E-state index contributed by atoms with van der Waals surface area (Å²) in [6, 6.07) is 6.38. The van der Waals surface area contributed by atoms with Gasteiger partial charge in [-0.1, -0.05) is 12.1 Å². The van der Waals surface area contributed by atoms with E-state index >= 15 is 0 Å². The zero-order valence-corrected chi connectivity index (χ0v) is 24.5. The molecule has 11 nitrogen and oxygen atoms in total. The van der Waals surface area contributed by atoms with E-state index in [1.54, 1.807) is 24.3 Å². The fourth-order valence-corrected chi connectivity index (χ4v) is 6.92. The Kier molecular flexibility index (Phi) is 7.96. The molecule has 0 radical (unpaired) electrons. The number of rotatable bonds is 7. The number of carbonyl (C=O) groups is 3. The molecule has 0 heterocycles. The predicted octanol–water partition coefficient (Wildman–Crippen LogP) is 2.29. The molecule has 14 heteroatoms. The van der Waals surface area contributed by atoms with Gasteiger partial charge in [0.05, 0.1) is 25.3 Å². The minimum absolute atomic E-state index is 0.0258. The van der Waals surface area contributed by atoms with Gasteiger partial charge in [0.1, 0.15) is 28.6 Å². The molecule has 7 N–H and O–H groups in total. The highest BCUT2D eigenvalue weighted by Gasteiger charge is 2.64. The van der Waals surface area contributed by atoms with Crippen LogP contribution in [0.4, 0.5) is 13.2 Å². The van der Waals surface area contributed by atoms with Crippen molar-refractivity contribution < 1.29 is 52.7 Å². The first-order chi connectivity index (χ1) is 21.0. The molecule has 3 aliphatic carbocycles. The largest absolute Gasteiger partial charge is 0.508 e. The lowest BCUT2D eigenvalue weighted by molar-refractivity contribution is -0.153. The fourth-order valence-electron chi connectivity index (χ4n) is 6.92. The Hall–Kier alpha value is -4.40. The van der Waals surface area contributed by atoms with E-state index in [0.29, 0.717) is 28.0 Å². The second-order valence-corrected chi connectivity index (χ2v) is 11.7. The van der Waals surface area contributed by atoms with Crippen LogP contribution in [0.2, 0.25) is 0 Å². The first-order valence-corrected chi connectivity index (χ1v) is 14.0. The Morgan fingerprint density at radius 1 is 1.13 bits per heavy atom. The average Bonchev–Trinajstić information content (AvgIpc) is 2.94. The number of nitrogens with one attached hydrogen (secondary N) is 1. The number of aromatic hydroxyl groups is 1. The van der Waals surface area contributed by atoms with Gasteiger partial charge in [0.15, 0.2) is 11.4 Å². The van der Waals surface area contributed by atoms with Crippen LogP contribution >= 0.6 is 0 Å². The highest BCUT2D eigenvalue weighted by atomic mass is 19.4. The van der Waals surface area contributed by atoms with Crippen molar-refractivity contribution >= 4 is 23.2 Å². The van der Waals surface area contributed by atoms with Crippen molar-refractivity contribution in [2.24, 2.45) is 17.6 Å². The van der Waals surface area contributed by atoms with Gasteiger partial charge in [0.25, 0.3) is 5.91 Å². The molecule has 5 rings (SSSR count).